The molecule has 84 valence electrons. The molecule has 0 unspecified atom stereocenters. The molecule has 1 aliphatic heterocycles. The molecule has 0 atom stereocenters. The first-order valence-electron chi connectivity index (χ1n) is 5.95. The fourth-order valence-electron chi connectivity index (χ4n) is 2.89. The molecule has 2 N–H and O–H groups in total. The molecule has 1 saturated carbocycles. The van der Waals surface area contributed by atoms with Gasteiger partial charge in [-0.05, 0) is 25.0 Å². The Kier molecular flexibility index (Phi) is 2.13. The van der Waals surface area contributed by atoms with Crippen molar-refractivity contribution in [2.24, 2.45) is 0 Å². The molecule has 3 nitrogen and oxygen atoms in total. The van der Waals surface area contributed by atoms with Crippen LogP contribution in [-0.4, -0.2) is 11.4 Å². The zero-order valence-electron chi connectivity index (χ0n) is 9.25. The van der Waals surface area contributed by atoms with E-state index in [-0.39, 0.29) is 11.4 Å². The highest BCUT2D eigenvalue weighted by Crippen LogP contribution is 2.39. The molecule has 0 saturated heterocycles. The Morgan fingerprint density at radius 3 is 2.50 bits per heavy atom. The van der Waals surface area contributed by atoms with E-state index >= 15 is 0 Å². The topological polar surface area (TPSA) is 41.1 Å². The minimum atomic E-state index is 0.0106. The van der Waals surface area contributed by atoms with Crippen molar-refractivity contribution in [3.63, 3.8) is 0 Å². The number of hydrogen-bond acceptors (Lipinski definition) is 2. The maximum atomic E-state index is 11.9. The Balaban J connectivity index is 2.00. The third-order valence-electron chi connectivity index (χ3n) is 3.66. The van der Waals surface area contributed by atoms with E-state index in [0.717, 1.165) is 24.2 Å². The number of carbonyl (C=O) groups is 1. The monoisotopic (exact) mass is 216 g/mol. The fourth-order valence-corrected chi connectivity index (χ4v) is 2.89. The number of amides is 1. The van der Waals surface area contributed by atoms with Gasteiger partial charge in [0.05, 0.1) is 11.4 Å². The largest absolute Gasteiger partial charge is 0.377 e. The summed E-state index contributed by atoms with van der Waals surface area (Å²) in [5.74, 6) is 0.138. The summed E-state index contributed by atoms with van der Waals surface area (Å²) in [6, 6.07) is 7.95. The van der Waals surface area contributed by atoms with Crippen LogP contribution in [0, 0.1) is 0 Å². The average molecular weight is 216 g/mol. The molecular weight excluding hydrogens is 200 g/mol. The Hall–Kier alpha value is -1.51. The van der Waals surface area contributed by atoms with Crippen molar-refractivity contribution in [1.29, 1.82) is 0 Å². The second kappa shape index (κ2) is 3.51. The Bertz CT molecular complexity index is 422. The summed E-state index contributed by atoms with van der Waals surface area (Å²) in [5, 5.41) is 6.55. The van der Waals surface area contributed by atoms with Crippen LogP contribution < -0.4 is 10.6 Å². The highest BCUT2D eigenvalue weighted by atomic mass is 16.1. The highest BCUT2D eigenvalue weighted by molar-refractivity contribution is 5.97. The average Bonchev–Trinajstić information content (AvgIpc) is 2.62. The van der Waals surface area contributed by atoms with Gasteiger partial charge in [0, 0.05) is 12.0 Å². The fraction of sp³-hybridized carbons (Fsp3) is 0.462. The number of nitrogens with one attached hydrogen (secondary N) is 2. The third-order valence-corrected chi connectivity index (χ3v) is 3.66. The van der Waals surface area contributed by atoms with Gasteiger partial charge in [0.15, 0.2) is 0 Å². The molecule has 1 aromatic rings. The molecule has 16 heavy (non-hydrogen) atoms. The Morgan fingerprint density at radius 2 is 1.75 bits per heavy atom. The Labute approximate surface area is 95.2 Å². The maximum absolute atomic E-state index is 11.9. The lowest BCUT2D eigenvalue weighted by Gasteiger charge is -2.28. The van der Waals surface area contributed by atoms with E-state index in [1.807, 2.05) is 24.3 Å². The summed E-state index contributed by atoms with van der Waals surface area (Å²) in [4.78, 5) is 11.9. The van der Waals surface area contributed by atoms with Crippen molar-refractivity contribution in [1.82, 2.24) is 0 Å². The van der Waals surface area contributed by atoms with Gasteiger partial charge in [-0.25, -0.2) is 0 Å². The minimum Gasteiger partial charge on any atom is -0.377 e. The van der Waals surface area contributed by atoms with Crippen molar-refractivity contribution >= 4 is 17.3 Å². The normalized spacial score (nSPS) is 22.1. The number of rotatable bonds is 0. The standard InChI is InChI=1S/C13H16N2O/c16-12-9-13(7-3-4-8-13)15-11-6-2-1-5-10(11)14-12/h1-2,5-6,15H,3-4,7-9H2,(H,14,16). The van der Waals surface area contributed by atoms with Gasteiger partial charge >= 0.3 is 0 Å². The van der Waals surface area contributed by atoms with Crippen LogP contribution in [0.2, 0.25) is 0 Å². The van der Waals surface area contributed by atoms with Gasteiger partial charge in [-0.2, -0.15) is 0 Å². The number of para-hydroxylation sites is 2. The molecular formula is C13H16N2O. The summed E-state index contributed by atoms with van der Waals surface area (Å²) in [6.45, 7) is 0. The molecule has 1 fully saturated rings. The number of anilines is 2. The van der Waals surface area contributed by atoms with E-state index in [0.29, 0.717) is 6.42 Å². The third kappa shape index (κ3) is 1.56. The number of carbonyl (C=O) groups excluding carboxylic acids is 1. The van der Waals surface area contributed by atoms with Crippen molar-refractivity contribution in [3.05, 3.63) is 24.3 Å². The van der Waals surface area contributed by atoms with Gasteiger partial charge in [-0.15, -0.1) is 0 Å². The van der Waals surface area contributed by atoms with Crippen LogP contribution in [-0.2, 0) is 4.79 Å². The molecule has 1 spiro atoms. The molecule has 1 heterocycles. The predicted octanol–water partition coefficient (Wildman–Crippen LogP) is 2.75. The zero-order valence-corrected chi connectivity index (χ0v) is 9.25. The van der Waals surface area contributed by atoms with Crippen LogP contribution in [0.5, 0.6) is 0 Å². The lowest BCUT2D eigenvalue weighted by atomic mass is 9.93. The number of benzene rings is 1. The van der Waals surface area contributed by atoms with Gasteiger partial charge in [0.1, 0.15) is 0 Å². The maximum Gasteiger partial charge on any atom is 0.226 e. The van der Waals surface area contributed by atoms with Crippen LogP contribution in [0.1, 0.15) is 32.1 Å². The Morgan fingerprint density at radius 1 is 1.06 bits per heavy atom. The van der Waals surface area contributed by atoms with Crippen LogP contribution in [0.3, 0.4) is 0 Å². The molecule has 0 bridgehead atoms. The number of fused-ring (bicyclic) bond motifs is 1. The highest BCUT2D eigenvalue weighted by Gasteiger charge is 2.38. The smallest absolute Gasteiger partial charge is 0.226 e. The van der Waals surface area contributed by atoms with Gasteiger partial charge in [0.2, 0.25) is 5.91 Å². The van der Waals surface area contributed by atoms with Crippen molar-refractivity contribution in [3.8, 4) is 0 Å². The van der Waals surface area contributed by atoms with E-state index in [1.165, 1.54) is 12.8 Å². The van der Waals surface area contributed by atoms with Crippen molar-refractivity contribution in [2.75, 3.05) is 10.6 Å². The summed E-state index contributed by atoms with van der Waals surface area (Å²) in [7, 11) is 0. The first-order chi connectivity index (χ1) is 7.77. The number of hydrogen-bond donors (Lipinski definition) is 2. The molecule has 1 aliphatic carbocycles. The van der Waals surface area contributed by atoms with Crippen LogP contribution in [0.4, 0.5) is 11.4 Å². The first-order valence-corrected chi connectivity index (χ1v) is 5.95. The molecule has 0 aromatic heterocycles. The minimum absolute atomic E-state index is 0.0106. The molecule has 0 radical (unpaired) electrons. The lowest BCUT2D eigenvalue weighted by Crippen LogP contribution is -2.36. The van der Waals surface area contributed by atoms with Crippen LogP contribution >= 0.6 is 0 Å². The lowest BCUT2D eigenvalue weighted by molar-refractivity contribution is -0.117. The second-order valence-corrected chi connectivity index (χ2v) is 4.88. The van der Waals surface area contributed by atoms with Crippen molar-refractivity contribution < 1.29 is 4.79 Å². The van der Waals surface area contributed by atoms with Gasteiger partial charge < -0.3 is 10.6 Å². The predicted molar refractivity (Wildman–Crippen MR) is 64.5 cm³/mol. The van der Waals surface area contributed by atoms with Crippen LogP contribution in [0.15, 0.2) is 24.3 Å². The SMILES string of the molecule is O=C1CC2(CCCC2)Nc2ccccc2N1. The zero-order chi connectivity index (χ0) is 11.0. The van der Waals surface area contributed by atoms with Gasteiger partial charge in [0.25, 0.3) is 0 Å². The van der Waals surface area contributed by atoms with Gasteiger partial charge in [-0.3, -0.25) is 4.79 Å². The molecule has 2 aliphatic rings. The summed E-state index contributed by atoms with van der Waals surface area (Å²) in [6.07, 6.45) is 5.26. The van der Waals surface area contributed by atoms with Crippen molar-refractivity contribution in [2.45, 2.75) is 37.6 Å². The van der Waals surface area contributed by atoms with Gasteiger partial charge in [-0.1, -0.05) is 25.0 Å². The molecule has 1 aromatic carbocycles. The van der Waals surface area contributed by atoms with E-state index < -0.39 is 0 Å². The van der Waals surface area contributed by atoms with E-state index in [2.05, 4.69) is 10.6 Å². The summed E-state index contributed by atoms with van der Waals surface area (Å²) >= 11 is 0. The van der Waals surface area contributed by atoms with E-state index in [4.69, 9.17) is 0 Å². The van der Waals surface area contributed by atoms with E-state index in [9.17, 15) is 4.79 Å². The second-order valence-electron chi connectivity index (χ2n) is 4.88. The quantitative estimate of drug-likeness (QED) is 0.700. The van der Waals surface area contributed by atoms with E-state index in [1.54, 1.807) is 0 Å². The molecule has 1 amide bonds. The van der Waals surface area contributed by atoms with Crippen LogP contribution in [0.25, 0.3) is 0 Å². The first kappa shape index (κ1) is 9.70. The molecule has 3 rings (SSSR count). The summed E-state index contributed by atoms with van der Waals surface area (Å²) in [5.41, 5.74) is 1.99. The molecule has 3 heteroatoms. The summed E-state index contributed by atoms with van der Waals surface area (Å²) < 4.78 is 0.